The van der Waals surface area contributed by atoms with Crippen molar-refractivity contribution in [2.45, 2.75) is 31.5 Å². The maximum atomic E-state index is 13.9. The molecule has 0 spiro atoms. The summed E-state index contributed by atoms with van der Waals surface area (Å²) in [5.41, 5.74) is -0.460. The number of hydrogen-bond acceptors (Lipinski definition) is 8. The largest absolute Gasteiger partial charge is 0.422 e. The second-order valence-corrected chi connectivity index (χ2v) is 8.77. The summed E-state index contributed by atoms with van der Waals surface area (Å²) in [7, 11) is 0. The van der Waals surface area contributed by atoms with E-state index in [4.69, 9.17) is 13.8 Å². The highest BCUT2D eigenvalue weighted by molar-refractivity contribution is 5.84. The average Bonchev–Trinajstić information content (AvgIpc) is 3.57. The minimum absolute atomic E-state index is 0.00959. The third kappa shape index (κ3) is 5.32. The van der Waals surface area contributed by atoms with Crippen molar-refractivity contribution in [3.05, 3.63) is 65.7 Å². The number of Topliss-reactive ketones (excluding diaryl/α,β-unsaturated/α-hetero) is 1. The minimum atomic E-state index is -4.79. The molecule has 8 nitrogen and oxygen atoms in total. The second-order valence-electron chi connectivity index (χ2n) is 8.77. The molecule has 0 saturated carbocycles. The molecule has 37 heavy (non-hydrogen) atoms. The summed E-state index contributed by atoms with van der Waals surface area (Å²) in [6.07, 6.45) is -4.23. The van der Waals surface area contributed by atoms with E-state index in [0.29, 0.717) is 24.3 Å². The highest BCUT2D eigenvalue weighted by Crippen LogP contribution is 2.43. The Kier molecular flexibility index (Phi) is 6.90. The molecular formula is C26H22F3N3O5. The lowest BCUT2D eigenvalue weighted by Crippen LogP contribution is -2.21. The van der Waals surface area contributed by atoms with Gasteiger partial charge in [-0.2, -0.15) is 18.2 Å². The number of rotatable bonds is 7. The quantitative estimate of drug-likeness (QED) is 0.345. The first-order valence-electron chi connectivity index (χ1n) is 11.7. The molecule has 2 aromatic heterocycles. The summed E-state index contributed by atoms with van der Waals surface area (Å²) in [6, 6.07) is 14.0. The van der Waals surface area contributed by atoms with E-state index in [0.717, 1.165) is 12.8 Å². The number of ketones is 1. The van der Waals surface area contributed by atoms with Crippen LogP contribution in [0.3, 0.4) is 0 Å². The molecule has 11 heteroatoms. The standard InChI is InChI=1S/C26H22F3N3O5/c27-26(28,29)20-21(16-4-2-1-3-5-16)31-36-23(20)25-30-24(32-37-25)18-8-6-17(7-9-18)22(34)19(33)14-15-10-12-35-13-11-15/h1-9,15,22,34H,10-14H2. The second kappa shape index (κ2) is 10.3. The Bertz CT molecular complexity index is 1360. The number of carbonyl (C=O) groups excluding carboxylic acids is 1. The number of nitrogens with zero attached hydrogens (tertiary/aromatic N) is 3. The molecule has 2 aromatic carbocycles. The van der Waals surface area contributed by atoms with Crippen molar-refractivity contribution in [1.82, 2.24) is 15.3 Å². The third-order valence-electron chi connectivity index (χ3n) is 6.26. The fourth-order valence-electron chi connectivity index (χ4n) is 4.27. The van der Waals surface area contributed by atoms with Crippen LogP contribution in [0.4, 0.5) is 13.2 Å². The molecule has 0 aliphatic carbocycles. The predicted molar refractivity (Wildman–Crippen MR) is 124 cm³/mol. The van der Waals surface area contributed by atoms with Gasteiger partial charge in [-0.15, -0.1) is 0 Å². The number of ether oxygens (including phenoxy) is 1. The fourth-order valence-corrected chi connectivity index (χ4v) is 4.27. The zero-order valence-electron chi connectivity index (χ0n) is 19.4. The van der Waals surface area contributed by atoms with Crippen molar-refractivity contribution >= 4 is 5.78 Å². The zero-order valence-corrected chi connectivity index (χ0v) is 19.4. The molecule has 1 aliphatic rings. The predicted octanol–water partition coefficient (Wildman–Crippen LogP) is 5.50. The molecule has 5 rings (SSSR count). The number of aliphatic hydroxyl groups excluding tert-OH is 1. The molecule has 4 aromatic rings. The van der Waals surface area contributed by atoms with Crippen molar-refractivity contribution in [1.29, 1.82) is 0 Å². The van der Waals surface area contributed by atoms with E-state index in [9.17, 15) is 23.1 Å². The van der Waals surface area contributed by atoms with Crippen LogP contribution in [0, 0.1) is 5.92 Å². The number of carbonyl (C=O) groups is 1. The molecule has 192 valence electrons. The Morgan fingerprint density at radius 2 is 1.68 bits per heavy atom. The average molecular weight is 513 g/mol. The first-order chi connectivity index (χ1) is 17.8. The van der Waals surface area contributed by atoms with Gasteiger partial charge in [0.15, 0.2) is 5.78 Å². The van der Waals surface area contributed by atoms with Crippen LogP contribution in [-0.4, -0.2) is 39.4 Å². The van der Waals surface area contributed by atoms with E-state index < -0.39 is 29.5 Å². The Balaban J connectivity index is 1.36. The number of halogens is 3. The molecule has 1 unspecified atom stereocenters. The number of hydrogen-bond donors (Lipinski definition) is 1. The van der Waals surface area contributed by atoms with Crippen molar-refractivity contribution < 1.29 is 36.9 Å². The van der Waals surface area contributed by atoms with Crippen LogP contribution in [0.15, 0.2) is 63.6 Å². The van der Waals surface area contributed by atoms with E-state index in [1.807, 2.05) is 0 Å². The summed E-state index contributed by atoms with van der Waals surface area (Å²) < 4.78 is 57.2. The van der Waals surface area contributed by atoms with E-state index >= 15 is 0 Å². The van der Waals surface area contributed by atoms with Gasteiger partial charge >= 0.3 is 6.18 Å². The Morgan fingerprint density at radius 1 is 0.973 bits per heavy atom. The minimum Gasteiger partial charge on any atom is -0.381 e. The summed E-state index contributed by atoms with van der Waals surface area (Å²) in [6.45, 7) is 1.23. The van der Waals surface area contributed by atoms with E-state index in [-0.39, 0.29) is 35.2 Å². The molecule has 1 fully saturated rings. The Labute approximate surface area is 209 Å². The zero-order chi connectivity index (χ0) is 26.0. The van der Waals surface area contributed by atoms with E-state index in [1.54, 1.807) is 42.5 Å². The lowest BCUT2D eigenvalue weighted by atomic mass is 9.91. The van der Waals surface area contributed by atoms with Crippen LogP contribution in [0.1, 0.15) is 36.5 Å². The van der Waals surface area contributed by atoms with Gasteiger partial charge in [-0.05, 0) is 24.3 Å². The Morgan fingerprint density at radius 3 is 2.35 bits per heavy atom. The lowest BCUT2D eigenvalue weighted by molar-refractivity contribution is -0.137. The van der Waals surface area contributed by atoms with Crippen LogP contribution in [0.5, 0.6) is 0 Å². The van der Waals surface area contributed by atoms with Gasteiger partial charge in [0, 0.05) is 30.8 Å². The van der Waals surface area contributed by atoms with Gasteiger partial charge in [-0.1, -0.05) is 64.9 Å². The molecule has 1 atom stereocenters. The molecule has 3 heterocycles. The van der Waals surface area contributed by atoms with Gasteiger partial charge in [0.25, 0.3) is 5.89 Å². The van der Waals surface area contributed by atoms with E-state index in [2.05, 4.69) is 15.3 Å². The first kappa shape index (κ1) is 24.8. The Hall–Kier alpha value is -3.83. The van der Waals surface area contributed by atoms with Gasteiger partial charge in [-0.3, -0.25) is 4.79 Å². The van der Waals surface area contributed by atoms with Gasteiger partial charge in [-0.25, -0.2) is 0 Å². The highest BCUT2D eigenvalue weighted by Gasteiger charge is 2.43. The van der Waals surface area contributed by atoms with Crippen LogP contribution in [-0.2, 0) is 15.7 Å². The number of aromatic nitrogens is 3. The number of alkyl halides is 3. The number of benzene rings is 2. The molecule has 0 radical (unpaired) electrons. The smallest absolute Gasteiger partial charge is 0.381 e. The molecule has 0 amide bonds. The lowest BCUT2D eigenvalue weighted by Gasteiger charge is -2.22. The van der Waals surface area contributed by atoms with Crippen molar-refractivity contribution in [2.75, 3.05) is 13.2 Å². The SMILES string of the molecule is O=C(CC1CCOCC1)C(O)c1ccc(-c2noc(-c3onc(-c4ccccc4)c3C(F)(F)F)n2)cc1. The maximum Gasteiger partial charge on any atom is 0.422 e. The fraction of sp³-hybridized carbons (Fsp3) is 0.308. The summed E-state index contributed by atoms with van der Waals surface area (Å²) >= 11 is 0. The first-order valence-corrected chi connectivity index (χ1v) is 11.7. The molecule has 1 aliphatic heterocycles. The molecule has 1 N–H and O–H groups in total. The van der Waals surface area contributed by atoms with Gasteiger partial charge in [0.1, 0.15) is 17.4 Å². The van der Waals surface area contributed by atoms with Crippen molar-refractivity contribution in [3.63, 3.8) is 0 Å². The maximum absolute atomic E-state index is 13.9. The van der Waals surface area contributed by atoms with Crippen molar-refractivity contribution in [3.8, 4) is 34.3 Å². The monoisotopic (exact) mass is 513 g/mol. The number of aliphatic hydroxyl groups is 1. The third-order valence-corrected chi connectivity index (χ3v) is 6.26. The molecule has 1 saturated heterocycles. The topological polar surface area (TPSA) is 111 Å². The van der Waals surface area contributed by atoms with Gasteiger partial charge in [0.05, 0.1) is 0 Å². The van der Waals surface area contributed by atoms with Crippen LogP contribution >= 0.6 is 0 Å². The van der Waals surface area contributed by atoms with Crippen molar-refractivity contribution in [2.24, 2.45) is 5.92 Å². The van der Waals surface area contributed by atoms with Crippen LogP contribution < -0.4 is 0 Å². The molecular weight excluding hydrogens is 491 g/mol. The highest BCUT2D eigenvalue weighted by atomic mass is 19.4. The normalized spacial score (nSPS) is 15.6. The summed E-state index contributed by atoms with van der Waals surface area (Å²) in [4.78, 5) is 16.6. The van der Waals surface area contributed by atoms with Gasteiger partial charge < -0.3 is 18.9 Å². The summed E-state index contributed by atoms with van der Waals surface area (Å²) in [5, 5.41) is 17.9. The van der Waals surface area contributed by atoms with Gasteiger partial charge in [0.2, 0.25) is 11.6 Å². The molecule has 0 bridgehead atoms. The van der Waals surface area contributed by atoms with E-state index in [1.165, 1.54) is 12.1 Å². The van der Waals surface area contributed by atoms with Crippen LogP contribution in [0.2, 0.25) is 0 Å². The van der Waals surface area contributed by atoms with Crippen LogP contribution in [0.25, 0.3) is 34.3 Å². The summed E-state index contributed by atoms with van der Waals surface area (Å²) in [5.74, 6) is -1.24.